The zero-order chi connectivity index (χ0) is 13.7. The predicted octanol–water partition coefficient (Wildman–Crippen LogP) is 1.53. The van der Waals surface area contributed by atoms with Gasteiger partial charge in [0.05, 0.1) is 11.8 Å². The highest BCUT2D eigenvalue weighted by atomic mass is 16.3. The molecule has 0 saturated heterocycles. The van der Waals surface area contributed by atoms with Gasteiger partial charge in [0, 0.05) is 25.5 Å². The highest BCUT2D eigenvalue weighted by molar-refractivity contribution is 5.95. The SMILES string of the molecule is Cc1cc(C(=O)NCCNc2cnccn2)c(C)o1. The van der Waals surface area contributed by atoms with Crippen LogP contribution >= 0.6 is 0 Å². The van der Waals surface area contributed by atoms with Crippen molar-refractivity contribution in [3.8, 4) is 0 Å². The van der Waals surface area contributed by atoms with E-state index in [4.69, 9.17) is 4.42 Å². The van der Waals surface area contributed by atoms with Crippen molar-refractivity contribution in [1.82, 2.24) is 15.3 Å². The fourth-order valence-electron chi connectivity index (χ4n) is 1.71. The Balaban J connectivity index is 1.77. The van der Waals surface area contributed by atoms with Crippen LogP contribution in [0.5, 0.6) is 0 Å². The molecule has 0 bridgehead atoms. The monoisotopic (exact) mass is 260 g/mol. The molecule has 6 nitrogen and oxygen atoms in total. The molecular formula is C13H16N4O2. The second-order valence-corrected chi connectivity index (χ2v) is 4.10. The Morgan fingerprint density at radius 1 is 1.32 bits per heavy atom. The molecule has 2 N–H and O–H groups in total. The van der Waals surface area contributed by atoms with Gasteiger partial charge in [0.2, 0.25) is 0 Å². The first-order valence-corrected chi connectivity index (χ1v) is 6.02. The predicted molar refractivity (Wildman–Crippen MR) is 71.0 cm³/mol. The molecule has 2 aromatic heterocycles. The van der Waals surface area contributed by atoms with Crippen LogP contribution in [-0.2, 0) is 0 Å². The summed E-state index contributed by atoms with van der Waals surface area (Å²) in [7, 11) is 0. The quantitative estimate of drug-likeness (QED) is 0.797. The molecule has 19 heavy (non-hydrogen) atoms. The molecule has 1 amide bonds. The molecule has 0 spiro atoms. The number of aromatic nitrogens is 2. The lowest BCUT2D eigenvalue weighted by molar-refractivity contribution is 0.0953. The molecule has 100 valence electrons. The summed E-state index contributed by atoms with van der Waals surface area (Å²) < 4.78 is 5.32. The highest BCUT2D eigenvalue weighted by Crippen LogP contribution is 2.12. The van der Waals surface area contributed by atoms with E-state index in [0.29, 0.717) is 30.2 Å². The topological polar surface area (TPSA) is 80.0 Å². The normalized spacial score (nSPS) is 10.2. The Hall–Kier alpha value is -2.37. The van der Waals surface area contributed by atoms with Crippen LogP contribution in [-0.4, -0.2) is 29.0 Å². The number of carbonyl (C=O) groups is 1. The third-order valence-corrected chi connectivity index (χ3v) is 2.57. The third-order valence-electron chi connectivity index (χ3n) is 2.57. The van der Waals surface area contributed by atoms with Crippen molar-refractivity contribution in [2.24, 2.45) is 0 Å². The maximum atomic E-state index is 11.9. The molecule has 2 aromatic rings. The summed E-state index contributed by atoms with van der Waals surface area (Å²) >= 11 is 0. The number of furan rings is 1. The van der Waals surface area contributed by atoms with E-state index >= 15 is 0 Å². The fourth-order valence-corrected chi connectivity index (χ4v) is 1.71. The maximum Gasteiger partial charge on any atom is 0.254 e. The van der Waals surface area contributed by atoms with E-state index in [-0.39, 0.29) is 5.91 Å². The smallest absolute Gasteiger partial charge is 0.254 e. The number of amides is 1. The number of hydrogen-bond donors (Lipinski definition) is 2. The van der Waals surface area contributed by atoms with Crippen LogP contribution < -0.4 is 10.6 Å². The van der Waals surface area contributed by atoms with Gasteiger partial charge < -0.3 is 15.1 Å². The van der Waals surface area contributed by atoms with E-state index in [2.05, 4.69) is 20.6 Å². The van der Waals surface area contributed by atoms with Gasteiger partial charge in [-0.1, -0.05) is 0 Å². The lowest BCUT2D eigenvalue weighted by Crippen LogP contribution is -2.29. The second-order valence-electron chi connectivity index (χ2n) is 4.10. The van der Waals surface area contributed by atoms with Crippen molar-refractivity contribution < 1.29 is 9.21 Å². The zero-order valence-electron chi connectivity index (χ0n) is 10.9. The number of carbonyl (C=O) groups excluding carboxylic acids is 1. The Bertz CT molecular complexity index is 551. The van der Waals surface area contributed by atoms with Gasteiger partial charge in [-0.3, -0.25) is 9.78 Å². The van der Waals surface area contributed by atoms with Gasteiger partial charge in [-0.05, 0) is 19.9 Å². The Morgan fingerprint density at radius 2 is 2.16 bits per heavy atom. The van der Waals surface area contributed by atoms with Crippen LogP contribution in [0, 0.1) is 13.8 Å². The molecule has 0 aliphatic rings. The highest BCUT2D eigenvalue weighted by Gasteiger charge is 2.12. The molecule has 2 rings (SSSR count). The van der Waals surface area contributed by atoms with Crippen molar-refractivity contribution >= 4 is 11.7 Å². The van der Waals surface area contributed by atoms with Gasteiger partial charge >= 0.3 is 0 Å². The molecule has 0 unspecified atom stereocenters. The number of nitrogens with zero attached hydrogens (tertiary/aromatic N) is 2. The van der Waals surface area contributed by atoms with Crippen molar-refractivity contribution in [1.29, 1.82) is 0 Å². The van der Waals surface area contributed by atoms with E-state index in [1.54, 1.807) is 31.6 Å². The summed E-state index contributed by atoms with van der Waals surface area (Å²) in [5.41, 5.74) is 0.581. The number of anilines is 1. The molecule has 0 aromatic carbocycles. The van der Waals surface area contributed by atoms with Crippen molar-refractivity contribution in [3.05, 3.63) is 41.7 Å². The summed E-state index contributed by atoms with van der Waals surface area (Å²) in [5, 5.41) is 5.87. The van der Waals surface area contributed by atoms with E-state index in [1.807, 2.05) is 6.92 Å². The summed E-state index contributed by atoms with van der Waals surface area (Å²) in [6.45, 7) is 4.68. The van der Waals surface area contributed by atoms with Gasteiger partial charge in [0.15, 0.2) is 0 Å². The molecule has 0 aliphatic heterocycles. The minimum absolute atomic E-state index is 0.129. The molecule has 2 heterocycles. The van der Waals surface area contributed by atoms with Crippen LogP contribution in [0.4, 0.5) is 5.82 Å². The molecular weight excluding hydrogens is 244 g/mol. The van der Waals surface area contributed by atoms with Crippen LogP contribution in [0.25, 0.3) is 0 Å². The first kappa shape index (κ1) is 13.1. The van der Waals surface area contributed by atoms with Crippen LogP contribution in [0.1, 0.15) is 21.9 Å². The average Bonchev–Trinajstić information content (AvgIpc) is 2.75. The van der Waals surface area contributed by atoms with Crippen molar-refractivity contribution in [3.63, 3.8) is 0 Å². The minimum Gasteiger partial charge on any atom is -0.466 e. The lowest BCUT2D eigenvalue weighted by Gasteiger charge is -2.06. The van der Waals surface area contributed by atoms with Gasteiger partial charge in [-0.2, -0.15) is 0 Å². The number of nitrogens with one attached hydrogen (secondary N) is 2. The van der Waals surface area contributed by atoms with E-state index in [9.17, 15) is 4.79 Å². The second kappa shape index (κ2) is 5.99. The van der Waals surface area contributed by atoms with E-state index in [0.717, 1.165) is 5.76 Å². The van der Waals surface area contributed by atoms with Crippen LogP contribution in [0.3, 0.4) is 0 Å². The minimum atomic E-state index is -0.129. The standard InChI is InChI=1S/C13H16N4O2/c1-9-7-11(10(2)19-9)13(18)17-6-5-16-12-8-14-3-4-15-12/h3-4,7-8H,5-6H2,1-2H3,(H,15,16)(H,17,18). The van der Waals surface area contributed by atoms with Crippen LogP contribution in [0.15, 0.2) is 29.1 Å². The molecule has 0 atom stereocenters. The zero-order valence-corrected chi connectivity index (χ0v) is 10.9. The summed E-state index contributed by atoms with van der Waals surface area (Å²) in [4.78, 5) is 19.9. The number of hydrogen-bond acceptors (Lipinski definition) is 5. The fraction of sp³-hybridized carbons (Fsp3) is 0.308. The van der Waals surface area contributed by atoms with E-state index in [1.165, 1.54) is 0 Å². The molecule has 6 heteroatoms. The lowest BCUT2D eigenvalue weighted by atomic mass is 10.2. The third kappa shape index (κ3) is 3.54. The van der Waals surface area contributed by atoms with Gasteiger partial charge in [0.25, 0.3) is 5.91 Å². The van der Waals surface area contributed by atoms with Crippen molar-refractivity contribution in [2.45, 2.75) is 13.8 Å². The first-order chi connectivity index (χ1) is 9.16. The average molecular weight is 260 g/mol. The molecule has 0 fully saturated rings. The first-order valence-electron chi connectivity index (χ1n) is 6.02. The van der Waals surface area contributed by atoms with Gasteiger partial charge in [-0.25, -0.2) is 4.98 Å². The summed E-state index contributed by atoms with van der Waals surface area (Å²) in [6, 6.07) is 1.74. The van der Waals surface area contributed by atoms with Crippen LogP contribution in [0.2, 0.25) is 0 Å². The molecule has 0 radical (unpaired) electrons. The Morgan fingerprint density at radius 3 is 2.79 bits per heavy atom. The van der Waals surface area contributed by atoms with Gasteiger partial charge in [0.1, 0.15) is 17.3 Å². The maximum absolute atomic E-state index is 11.9. The summed E-state index contributed by atoms with van der Waals surface area (Å²) in [6.07, 6.45) is 4.85. The van der Waals surface area contributed by atoms with Gasteiger partial charge in [-0.15, -0.1) is 0 Å². The molecule has 0 saturated carbocycles. The van der Waals surface area contributed by atoms with Crippen molar-refractivity contribution in [2.75, 3.05) is 18.4 Å². The Labute approximate surface area is 111 Å². The summed E-state index contributed by atoms with van der Waals surface area (Å²) in [5.74, 6) is 1.93. The number of aryl methyl sites for hydroxylation is 2. The molecule has 0 aliphatic carbocycles. The largest absolute Gasteiger partial charge is 0.466 e. The Kier molecular flexibility index (Phi) is 4.12. The number of rotatable bonds is 5. The van der Waals surface area contributed by atoms with E-state index < -0.39 is 0 Å².